The molecule has 2 amide bonds. The summed E-state index contributed by atoms with van der Waals surface area (Å²) in [6, 6.07) is 3.40. The summed E-state index contributed by atoms with van der Waals surface area (Å²) in [4.78, 5) is 23.2. The summed E-state index contributed by atoms with van der Waals surface area (Å²) in [6.45, 7) is 0.457. The van der Waals surface area contributed by atoms with Gasteiger partial charge in [-0.25, -0.2) is 8.42 Å². The highest BCUT2D eigenvalue weighted by atomic mass is 32.2. The third-order valence-corrected chi connectivity index (χ3v) is 5.20. The number of rotatable bonds is 3. The number of amides is 2. The van der Waals surface area contributed by atoms with E-state index in [1.165, 1.54) is 18.2 Å². The van der Waals surface area contributed by atoms with Gasteiger partial charge in [0.05, 0.1) is 10.6 Å². The number of hydrogen-bond acceptors (Lipinski definition) is 5. The van der Waals surface area contributed by atoms with E-state index >= 15 is 0 Å². The first-order valence-corrected chi connectivity index (χ1v) is 8.81. The smallest absolute Gasteiger partial charge is 0.262 e. The van der Waals surface area contributed by atoms with Crippen molar-refractivity contribution in [3.05, 3.63) is 18.2 Å². The first-order chi connectivity index (χ1) is 11.0. The maximum Gasteiger partial charge on any atom is 0.262 e. The lowest BCUT2D eigenvalue weighted by molar-refractivity contribution is -0.122. The summed E-state index contributed by atoms with van der Waals surface area (Å²) in [7, 11) is -3.88. The topological polar surface area (TPSA) is 114 Å². The van der Waals surface area contributed by atoms with Crippen LogP contribution >= 0.6 is 0 Å². The van der Waals surface area contributed by atoms with E-state index in [0.29, 0.717) is 24.4 Å². The van der Waals surface area contributed by atoms with Gasteiger partial charge in [0.25, 0.3) is 5.91 Å². The first kappa shape index (κ1) is 15.8. The van der Waals surface area contributed by atoms with Crippen LogP contribution in [0.15, 0.2) is 23.1 Å². The zero-order valence-electron chi connectivity index (χ0n) is 12.3. The van der Waals surface area contributed by atoms with Gasteiger partial charge in [0, 0.05) is 6.54 Å². The molecule has 3 rings (SSSR count). The number of benzene rings is 1. The van der Waals surface area contributed by atoms with Crippen molar-refractivity contribution in [3.63, 3.8) is 0 Å². The number of sulfonamides is 1. The van der Waals surface area contributed by atoms with Crippen LogP contribution in [0.3, 0.4) is 0 Å². The molecule has 1 fully saturated rings. The molecular formula is C14H17N3O5S. The van der Waals surface area contributed by atoms with Gasteiger partial charge >= 0.3 is 0 Å². The van der Waals surface area contributed by atoms with Gasteiger partial charge in [-0.05, 0) is 37.5 Å². The second kappa shape index (κ2) is 6.17. The third kappa shape index (κ3) is 3.45. The lowest BCUT2D eigenvalue weighted by atomic mass is 10.1. The molecule has 1 aromatic carbocycles. The number of hydrogen-bond donors (Lipinski definition) is 3. The van der Waals surface area contributed by atoms with E-state index < -0.39 is 16.1 Å². The fourth-order valence-corrected chi connectivity index (χ4v) is 3.79. The molecule has 23 heavy (non-hydrogen) atoms. The number of nitrogens with one attached hydrogen (secondary N) is 3. The molecule has 1 aromatic rings. The van der Waals surface area contributed by atoms with E-state index in [1.807, 2.05) is 0 Å². The second-order valence-corrected chi connectivity index (χ2v) is 7.17. The predicted octanol–water partition coefficient (Wildman–Crippen LogP) is -0.0355. The fourth-order valence-electron chi connectivity index (χ4n) is 2.54. The minimum absolute atomic E-state index is 0.0286. The number of carbonyl (C=O) groups is 2. The van der Waals surface area contributed by atoms with Crippen LogP contribution in [0.1, 0.15) is 19.3 Å². The molecule has 0 aromatic heterocycles. The molecule has 8 nitrogen and oxygen atoms in total. The number of anilines is 1. The number of fused-ring (bicyclic) bond motifs is 1. The molecule has 2 heterocycles. The monoisotopic (exact) mass is 339 g/mol. The lowest BCUT2D eigenvalue weighted by Gasteiger charge is -2.19. The largest absolute Gasteiger partial charge is 0.482 e. The average Bonchev–Trinajstić information content (AvgIpc) is 2.71. The highest BCUT2D eigenvalue weighted by Gasteiger charge is 2.28. The Bertz CT molecular complexity index is 747. The molecule has 0 aliphatic carbocycles. The summed E-state index contributed by atoms with van der Waals surface area (Å²) in [5.74, 6) is -0.250. The van der Waals surface area contributed by atoms with Gasteiger partial charge in [0.15, 0.2) is 6.61 Å². The summed E-state index contributed by atoms with van der Waals surface area (Å²) in [5, 5.41) is 5.24. The van der Waals surface area contributed by atoms with Crippen LogP contribution in [0.2, 0.25) is 0 Å². The van der Waals surface area contributed by atoms with E-state index in [0.717, 1.165) is 12.8 Å². The lowest BCUT2D eigenvalue weighted by Crippen LogP contribution is -2.45. The van der Waals surface area contributed by atoms with Gasteiger partial charge in [-0.1, -0.05) is 0 Å². The van der Waals surface area contributed by atoms with Crippen molar-refractivity contribution >= 4 is 27.5 Å². The number of carbonyl (C=O) groups excluding carboxylic acids is 2. The molecule has 0 saturated carbocycles. The van der Waals surface area contributed by atoms with Crippen molar-refractivity contribution in [1.82, 2.24) is 10.0 Å². The zero-order valence-corrected chi connectivity index (χ0v) is 13.1. The van der Waals surface area contributed by atoms with Gasteiger partial charge in [0.1, 0.15) is 11.8 Å². The predicted molar refractivity (Wildman–Crippen MR) is 81.5 cm³/mol. The maximum atomic E-state index is 12.5. The molecule has 3 N–H and O–H groups in total. The molecule has 1 atom stereocenters. The molecular weight excluding hydrogens is 322 g/mol. The van der Waals surface area contributed by atoms with Crippen LogP contribution in [0.5, 0.6) is 5.75 Å². The summed E-state index contributed by atoms with van der Waals surface area (Å²) in [6.07, 6.45) is 2.04. The summed E-state index contributed by atoms with van der Waals surface area (Å²) >= 11 is 0. The van der Waals surface area contributed by atoms with E-state index in [1.54, 1.807) is 0 Å². The van der Waals surface area contributed by atoms with Gasteiger partial charge in [0.2, 0.25) is 15.9 Å². The van der Waals surface area contributed by atoms with Gasteiger partial charge < -0.3 is 15.4 Å². The summed E-state index contributed by atoms with van der Waals surface area (Å²) < 4.78 is 32.6. The minimum atomic E-state index is -3.88. The standard InChI is InChI=1S/C14H17N3O5S/c18-13-8-22-12-5-4-9(7-11(12)16-13)23(20,21)17-10-3-1-2-6-15-14(10)19/h4-5,7,10,17H,1-3,6,8H2,(H,15,19)(H,16,18)/t10-/m0/s1. The normalized spacial score (nSPS) is 21.5. The van der Waals surface area contributed by atoms with Crippen molar-refractivity contribution in [1.29, 1.82) is 0 Å². The van der Waals surface area contributed by atoms with E-state index in [-0.39, 0.29) is 23.3 Å². The van der Waals surface area contributed by atoms with Gasteiger partial charge in [-0.15, -0.1) is 0 Å². The van der Waals surface area contributed by atoms with Crippen LogP contribution < -0.4 is 20.1 Å². The minimum Gasteiger partial charge on any atom is -0.482 e. The van der Waals surface area contributed by atoms with Crippen molar-refractivity contribution in [2.75, 3.05) is 18.5 Å². The van der Waals surface area contributed by atoms with Crippen molar-refractivity contribution in [2.45, 2.75) is 30.2 Å². The molecule has 0 unspecified atom stereocenters. The average molecular weight is 339 g/mol. The van der Waals surface area contributed by atoms with Crippen LogP contribution in [0.4, 0.5) is 5.69 Å². The van der Waals surface area contributed by atoms with E-state index in [4.69, 9.17) is 4.74 Å². The van der Waals surface area contributed by atoms with Crippen LogP contribution in [-0.2, 0) is 19.6 Å². The van der Waals surface area contributed by atoms with Crippen molar-refractivity contribution in [3.8, 4) is 5.75 Å². The Labute approximate surface area is 133 Å². The van der Waals surface area contributed by atoms with Gasteiger partial charge in [-0.3, -0.25) is 9.59 Å². The second-order valence-electron chi connectivity index (χ2n) is 5.46. The Morgan fingerprint density at radius 3 is 2.87 bits per heavy atom. The molecule has 0 spiro atoms. The van der Waals surface area contributed by atoms with E-state index in [9.17, 15) is 18.0 Å². The SMILES string of the molecule is O=C1COc2ccc(S(=O)(=O)N[C@H]3CCCCNC3=O)cc2N1. The maximum absolute atomic E-state index is 12.5. The number of ether oxygens (including phenoxy) is 1. The molecule has 0 radical (unpaired) electrons. The molecule has 1 saturated heterocycles. The quantitative estimate of drug-likeness (QED) is 0.715. The van der Waals surface area contributed by atoms with Crippen LogP contribution in [0, 0.1) is 0 Å². The molecule has 2 aliphatic rings. The molecule has 9 heteroatoms. The van der Waals surface area contributed by atoms with E-state index in [2.05, 4.69) is 15.4 Å². The Kier molecular flexibility index (Phi) is 4.22. The van der Waals surface area contributed by atoms with Crippen LogP contribution in [-0.4, -0.2) is 39.4 Å². The zero-order chi connectivity index (χ0) is 16.4. The van der Waals surface area contributed by atoms with Crippen LogP contribution in [0.25, 0.3) is 0 Å². The Balaban J connectivity index is 1.83. The summed E-state index contributed by atoms with van der Waals surface area (Å²) in [5.41, 5.74) is 0.300. The molecule has 2 aliphatic heterocycles. The first-order valence-electron chi connectivity index (χ1n) is 7.32. The Hall–Kier alpha value is -2.13. The highest BCUT2D eigenvalue weighted by molar-refractivity contribution is 7.89. The fraction of sp³-hybridized carbons (Fsp3) is 0.429. The van der Waals surface area contributed by atoms with Gasteiger partial charge in [-0.2, -0.15) is 4.72 Å². The Morgan fingerprint density at radius 2 is 2.04 bits per heavy atom. The van der Waals surface area contributed by atoms with Crippen molar-refractivity contribution < 1.29 is 22.7 Å². The molecule has 0 bridgehead atoms. The van der Waals surface area contributed by atoms with Crippen molar-refractivity contribution in [2.24, 2.45) is 0 Å². The highest BCUT2D eigenvalue weighted by Crippen LogP contribution is 2.30. The third-order valence-electron chi connectivity index (χ3n) is 3.73. The Morgan fingerprint density at radius 1 is 1.22 bits per heavy atom. The molecule has 124 valence electrons.